The molecule has 0 heterocycles. The van der Waals surface area contributed by atoms with Gasteiger partial charge in [-0.25, -0.2) is 0 Å². The van der Waals surface area contributed by atoms with Gasteiger partial charge in [0.05, 0.1) is 5.56 Å². The number of ether oxygens (including phenoxy) is 1. The molecule has 0 saturated heterocycles. The van der Waals surface area contributed by atoms with Crippen LogP contribution in [0.1, 0.15) is 22.3 Å². The number of hydrogen-bond acceptors (Lipinski definition) is 2. The van der Waals surface area contributed by atoms with Gasteiger partial charge in [-0.15, -0.1) is 0 Å². The van der Waals surface area contributed by atoms with Crippen LogP contribution in [0.4, 0.5) is 0 Å². The minimum absolute atomic E-state index is 0.0494. The standard InChI is InChI=1S/C12H16BrNO2/c1-9-4-5-11(13)10(8-9)12(15)14-6-3-7-16-2/h4-5,8H,3,6-7H2,1-2H3,(H,14,15). The maximum atomic E-state index is 11.8. The van der Waals surface area contributed by atoms with Crippen LogP contribution in [0.25, 0.3) is 0 Å². The maximum Gasteiger partial charge on any atom is 0.252 e. The summed E-state index contributed by atoms with van der Waals surface area (Å²) in [5, 5.41) is 2.85. The van der Waals surface area contributed by atoms with E-state index in [1.165, 1.54) is 0 Å². The number of methoxy groups -OCH3 is 1. The predicted octanol–water partition coefficient (Wildman–Crippen LogP) is 2.52. The summed E-state index contributed by atoms with van der Waals surface area (Å²) in [4.78, 5) is 11.8. The monoisotopic (exact) mass is 285 g/mol. The average Bonchev–Trinajstić information content (AvgIpc) is 2.27. The fourth-order valence-electron chi connectivity index (χ4n) is 1.33. The first-order chi connectivity index (χ1) is 7.65. The molecule has 0 aliphatic carbocycles. The molecule has 0 fully saturated rings. The number of benzene rings is 1. The molecule has 0 aliphatic heterocycles. The zero-order chi connectivity index (χ0) is 12.0. The molecule has 0 aromatic heterocycles. The number of hydrogen-bond donors (Lipinski definition) is 1. The van der Waals surface area contributed by atoms with E-state index in [4.69, 9.17) is 4.74 Å². The van der Waals surface area contributed by atoms with Gasteiger partial charge in [0, 0.05) is 24.7 Å². The summed E-state index contributed by atoms with van der Waals surface area (Å²) in [6.07, 6.45) is 0.825. The number of halogens is 1. The number of aryl methyl sites for hydroxylation is 1. The minimum Gasteiger partial charge on any atom is -0.385 e. The zero-order valence-electron chi connectivity index (χ0n) is 9.55. The molecule has 4 heteroatoms. The third-order valence-electron chi connectivity index (χ3n) is 2.18. The molecular weight excluding hydrogens is 270 g/mol. The van der Waals surface area contributed by atoms with E-state index >= 15 is 0 Å². The first kappa shape index (κ1) is 13.2. The summed E-state index contributed by atoms with van der Waals surface area (Å²) in [6.45, 7) is 3.26. The van der Waals surface area contributed by atoms with Gasteiger partial charge in [-0.05, 0) is 41.4 Å². The fraction of sp³-hybridized carbons (Fsp3) is 0.417. The van der Waals surface area contributed by atoms with Crippen molar-refractivity contribution in [3.05, 3.63) is 33.8 Å². The van der Waals surface area contributed by atoms with Gasteiger partial charge in [0.15, 0.2) is 0 Å². The van der Waals surface area contributed by atoms with Crippen molar-refractivity contribution in [3.63, 3.8) is 0 Å². The molecule has 0 atom stereocenters. The second-order valence-electron chi connectivity index (χ2n) is 3.59. The van der Waals surface area contributed by atoms with Crippen LogP contribution in [0.5, 0.6) is 0 Å². The van der Waals surface area contributed by atoms with Gasteiger partial charge in [0.2, 0.25) is 0 Å². The van der Waals surface area contributed by atoms with Crippen molar-refractivity contribution < 1.29 is 9.53 Å². The molecule has 1 amide bonds. The summed E-state index contributed by atoms with van der Waals surface area (Å²) in [5.74, 6) is -0.0494. The molecule has 0 bridgehead atoms. The second kappa shape index (κ2) is 6.66. The van der Waals surface area contributed by atoms with E-state index in [0.29, 0.717) is 18.7 Å². The van der Waals surface area contributed by atoms with Crippen LogP contribution >= 0.6 is 15.9 Å². The van der Waals surface area contributed by atoms with Crippen LogP contribution in [0, 0.1) is 6.92 Å². The van der Waals surface area contributed by atoms with E-state index in [1.807, 2.05) is 25.1 Å². The highest BCUT2D eigenvalue weighted by molar-refractivity contribution is 9.10. The Labute approximate surface area is 104 Å². The van der Waals surface area contributed by atoms with Gasteiger partial charge in [-0.2, -0.15) is 0 Å². The number of amides is 1. The molecule has 0 spiro atoms. The topological polar surface area (TPSA) is 38.3 Å². The van der Waals surface area contributed by atoms with E-state index < -0.39 is 0 Å². The van der Waals surface area contributed by atoms with Crippen molar-refractivity contribution in [2.24, 2.45) is 0 Å². The third-order valence-corrected chi connectivity index (χ3v) is 2.87. The molecule has 1 aromatic carbocycles. The Kier molecular flexibility index (Phi) is 5.49. The molecule has 1 N–H and O–H groups in total. The van der Waals surface area contributed by atoms with E-state index in [-0.39, 0.29) is 5.91 Å². The van der Waals surface area contributed by atoms with E-state index in [9.17, 15) is 4.79 Å². The van der Waals surface area contributed by atoms with E-state index in [1.54, 1.807) is 7.11 Å². The summed E-state index contributed by atoms with van der Waals surface area (Å²) in [5.41, 5.74) is 1.75. The lowest BCUT2D eigenvalue weighted by Crippen LogP contribution is -2.25. The molecule has 0 unspecified atom stereocenters. The molecule has 0 saturated carbocycles. The maximum absolute atomic E-state index is 11.8. The lowest BCUT2D eigenvalue weighted by atomic mass is 10.1. The fourth-order valence-corrected chi connectivity index (χ4v) is 1.75. The van der Waals surface area contributed by atoms with Crippen LogP contribution in [-0.4, -0.2) is 26.2 Å². The largest absolute Gasteiger partial charge is 0.385 e. The highest BCUT2D eigenvalue weighted by Gasteiger charge is 2.08. The van der Waals surface area contributed by atoms with Crippen LogP contribution in [0.3, 0.4) is 0 Å². The summed E-state index contributed by atoms with van der Waals surface area (Å²) < 4.78 is 5.73. The van der Waals surface area contributed by atoms with E-state index in [0.717, 1.165) is 16.5 Å². The lowest BCUT2D eigenvalue weighted by molar-refractivity contribution is 0.0948. The van der Waals surface area contributed by atoms with Gasteiger partial charge in [-0.3, -0.25) is 4.79 Å². The van der Waals surface area contributed by atoms with Crippen LogP contribution in [-0.2, 0) is 4.74 Å². The molecule has 16 heavy (non-hydrogen) atoms. The number of rotatable bonds is 5. The number of nitrogens with one attached hydrogen (secondary N) is 1. The highest BCUT2D eigenvalue weighted by atomic mass is 79.9. The van der Waals surface area contributed by atoms with Crippen LogP contribution in [0.15, 0.2) is 22.7 Å². The lowest BCUT2D eigenvalue weighted by Gasteiger charge is -2.07. The first-order valence-corrected chi connectivity index (χ1v) is 5.97. The highest BCUT2D eigenvalue weighted by Crippen LogP contribution is 2.17. The van der Waals surface area contributed by atoms with Crippen molar-refractivity contribution in [2.45, 2.75) is 13.3 Å². The van der Waals surface area contributed by atoms with Gasteiger partial charge in [0.25, 0.3) is 5.91 Å². The summed E-state index contributed by atoms with van der Waals surface area (Å²) in [7, 11) is 1.65. The molecule has 0 radical (unpaired) electrons. The van der Waals surface area contributed by atoms with Crippen LogP contribution < -0.4 is 5.32 Å². The number of carbonyl (C=O) groups excluding carboxylic acids is 1. The Bertz CT molecular complexity index is 366. The summed E-state index contributed by atoms with van der Waals surface area (Å²) >= 11 is 3.37. The van der Waals surface area contributed by atoms with Crippen molar-refractivity contribution >= 4 is 21.8 Å². The quantitative estimate of drug-likeness (QED) is 0.845. The smallest absolute Gasteiger partial charge is 0.252 e. The van der Waals surface area contributed by atoms with Crippen molar-refractivity contribution in [2.75, 3.05) is 20.3 Å². The Morgan fingerprint density at radius 2 is 2.25 bits per heavy atom. The Balaban J connectivity index is 2.55. The molecule has 3 nitrogen and oxygen atoms in total. The van der Waals surface area contributed by atoms with Gasteiger partial charge >= 0.3 is 0 Å². The molecule has 0 aliphatic rings. The third kappa shape index (κ3) is 3.94. The Hall–Kier alpha value is -0.870. The van der Waals surface area contributed by atoms with Crippen molar-refractivity contribution in [3.8, 4) is 0 Å². The zero-order valence-corrected chi connectivity index (χ0v) is 11.1. The molecular formula is C12H16BrNO2. The SMILES string of the molecule is COCCCNC(=O)c1cc(C)ccc1Br. The minimum atomic E-state index is -0.0494. The molecule has 1 aromatic rings. The first-order valence-electron chi connectivity index (χ1n) is 5.18. The van der Waals surface area contributed by atoms with Gasteiger partial charge < -0.3 is 10.1 Å². The van der Waals surface area contributed by atoms with E-state index in [2.05, 4.69) is 21.2 Å². The number of carbonyl (C=O) groups is 1. The summed E-state index contributed by atoms with van der Waals surface area (Å²) in [6, 6.07) is 5.72. The predicted molar refractivity (Wildman–Crippen MR) is 67.7 cm³/mol. The molecule has 88 valence electrons. The second-order valence-corrected chi connectivity index (χ2v) is 4.44. The molecule has 1 rings (SSSR count). The van der Waals surface area contributed by atoms with Gasteiger partial charge in [-0.1, -0.05) is 11.6 Å². The normalized spacial score (nSPS) is 10.2. The van der Waals surface area contributed by atoms with Gasteiger partial charge in [0.1, 0.15) is 0 Å². The average molecular weight is 286 g/mol. The Morgan fingerprint density at radius 3 is 2.94 bits per heavy atom. The van der Waals surface area contributed by atoms with Crippen molar-refractivity contribution in [1.82, 2.24) is 5.32 Å². The van der Waals surface area contributed by atoms with Crippen LogP contribution in [0.2, 0.25) is 0 Å². The Morgan fingerprint density at radius 1 is 1.50 bits per heavy atom. The van der Waals surface area contributed by atoms with Crippen molar-refractivity contribution in [1.29, 1.82) is 0 Å².